The molecule has 4 heteroatoms. The lowest BCUT2D eigenvalue weighted by molar-refractivity contribution is 0.0572. The van der Waals surface area contributed by atoms with Gasteiger partial charge in [0.1, 0.15) is 0 Å². The monoisotopic (exact) mass is 270 g/mol. The molecule has 1 aliphatic carbocycles. The first-order valence-corrected chi connectivity index (χ1v) is 7.61. The molecule has 4 N–H and O–H groups in total. The predicted molar refractivity (Wildman–Crippen MR) is 76.7 cm³/mol. The minimum Gasteiger partial charge on any atom is -0.389 e. The van der Waals surface area contributed by atoms with Gasteiger partial charge in [0, 0.05) is 25.7 Å². The van der Waals surface area contributed by atoms with Gasteiger partial charge in [0.15, 0.2) is 0 Å². The van der Waals surface area contributed by atoms with E-state index in [1.54, 1.807) is 0 Å². The number of β-amino-alcohol motifs (C(OH)–C–C–N with tert-alkyl or cyclic N) is 2. The molecule has 5 unspecified atom stereocenters. The number of likely N-dealkylation sites (tertiary alicyclic amines) is 1. The zero-order valence-corrected chi connectivity index (χ0v) is 12.5. The molecule has 1 saturated carbocycles. The Labute approximate surface area is 117 Å². The normalized spacial score (nSPS) is 41.7. The fourth-order valence-corrected chi connectivity index (χ4v) is 3.61. The van der Waals surface area contributed by atoms with Gasteiger partial charge in [-0.2, -0.15) is 0 Å². The standard InChI is InChI=1S/C15H30N2O2/c1-15(2,3)11-4-5-12(16)10(6-11)7-17-8-13(18)14(19)9-17/h10-14,18-19H,4-9,16H2,1-3H3. The maximum absolute atomic E-state index is 9.62. The summed E-state index contributed by atoms with van der Waals surface area (Å²) in [6.45, 7) is 9.04. The van der Waals surface area contributed by atoms with Crippen LogP contribution in [0.5, 0.6) is 0 Å². The van der Waals surface area contributed by atoms with Gasteiger partial charge in [-0.1, -0.05) is 20.8 Å². The van der Waals surface area contributed by atoms with Gasteiger partial charge in [-0.05, 0) is 36.5 Å². The Hall–Kier alpha value is -0.160. The number of hydrogen-bond acceptors (Lipinski definition) is 4. The molecule has 0 aromatic heterocycles. The zero-order valence-electron chi connectivity index (χ0n) is 12.5. The largest absolute Gasteiger partial charge is 0.389 e. The molecule has 112 valence electrons. The van der Waals surface area contributed by atoms with Gasteiger partial charge in [0.2, 0.25) is 0 Å². The van der Waals surface area contributed by atoms with E-state index in [0.717, 1.165) is 18.9 Å². The van der Waals surface area contributed by atoms with Crippen LogP contribution in [0.3, 0.4) is 0 Å². The van der Waals surface area contributed by atoms with Crippen LogP contribution in [0.4, 0.5) is 0 Å². The van der Waals surface area contributed by atoms with E-state index in [1.165, 1.54) is 12.8 Å². The van der Waals surface area contributed by atoms with Gasteiger partial charge in [-0.15, -0.1) is 0 Å². The highest BCUT2D eigenvalue weighted by Gasteiger charge is 2.37. The van der Waals surface area contributed by atoms with Crippen LogP contribution < -0.4 is 5.73 Å². The van der Waals surface area contributed by atoms with Crippen molar-refractivity contribution < 1.29 is 10.2 Å². The number of rotatable bonds is 2. The van der Waals surface area contributed by atoms with Crippen molar-refractivity contribution in [1.29, 1.82) is 0 Å². The van der Waals surface area contributed by atoms with Crippen molar-refractivity contribution in [2.75, 3.05) is 19.6 Å². The van der Waals surface area contributed by atoms with Crippen molar-refractivity contribution >= 4 is 0 Å². The third-order valence-electron chi connectivity index (χ3n) is 5.09. The van der Waals surface area contributed by atoms with Crippen molar-refractivity contribution in [2.24, 2.45) is 23.0 Å². The Balaban J connectivity index is 1.91. The van der Waals surface area contributed by atoms with E-state index in [2.05, 4.69) is 25.7 Å². The molecule has 19 heavy (non-hydrogen) atoms. The maximum atomic E-state index is 9.62. The lowest BCUT2D eigenvalue weighted by Gasteiger charge is -2.41. The maximum Gasteiger partial charge on any atom is 0.0938 e. The molecule has 0 aromatic rings. The Kier molecular flexibility index (Phi) is 4.56. The number of aliphatic hydroxyl groups excluding tert-OH is 2. The van der Waals surface area contributed by atoms with Crippen LogP contribution in [-0.4, -0.2) is 53.0 Å². The van der Waals surface area contributed by atoms with Crippen molar-refractivity contribution in [3.8, 4) is 0 Å². The Morgan fingerprint density at radius 2 is 1.68 bits per heavy atom. The van der Waals surface area contributed by atoms with Crippen LogP contribution >= 0.6 is 0 Å². The van der Waals surface area contributed by atoms with E-state index in [4.69, 9.17) is 5.73 Å². The van der Waals surface area contributed by atoms with Crippen molar-refractivity contribution in [3.63, 3.8) is 0 Å². The summed E-state index contributed by atoms with van der Waals surface area (Å²) in [7, 11) is 0. The molecule has 1 saturated heterocycles. The van der Waals surface area contributed by atoms with Gasteiger partial charge in [0.25, 0.3) is 0 Å². The molecule has 2 rings (SSSR count). The van der Waals surface area contributed by atoms with E-state index in [1.807, 2.05) is 0 Å². The third-order valence-corrected chi connectivity index (χ3v) is 5.09. The highest BCUT2D eigenvalue weighted by atomic mass is 16.3. The third kappa shape index (κ3) is 3.69. The second-order valence-corrected chi connectivity index (χ2v) is 7.65. The van der Waals surface area contributed by atoms with E-state index in [9.17, 15) is 10.2 Å². The van der Waals surface area contributed by atoms with E-state index in [-0.39, 0.29) is 6.04 Å². The summed E-state index contributed by atoms with van der Waals surface area (Å²) in [5.41, 5.74) is 6.63. The summed E-state index contributed by atoms with van der Waals surface area (Å²) in [4.78, 5) is 2.17. The molecule has 1 aliphatic heterocycles. The number of aliphatic hydroxyl groups is 2. The Bertz CT molecular complexity index is 293. The topological polar surface area (TPSA) is 69.7 Å². The fourth-order valence-electron chi connectivity index (χ4n) is 3.61. The van der Waals surface area contributed by atoms with Gasteiger partial charge < -0.3 is 15.9 Å². The summed E-state index contributed by atoms with van der Waals surface area (Å²) in [6, 6.07) is 0.272. The molecule has 0 spiro atoms. The second-order valence-electron chi connectivity index (χ2n) is 7.65. The average molecular weight is 270 g/mol. The molecule has 0 bridgehead atoms. The SMILES string of the molecule is CC(C)(C)C1CCC(N)C(CN2CC(O)C(O)C2)C1. The number of nitrogens with two attached hydrogens (primary N) is 1. The van der Waals surface area contributed by atoms with Crippen LogP contribution in [0.25, 0.3) is 0 Å². The molecule has 0 amide bonds. The lowest BCUT2D eigenvalue weighted by atomic mass is 9.67. The molecule has 2 aliphatic rings. The molecule has 2 fully saturated rings. The quantitative estimate of drug-likeness (QED) is 0.694. The van der Waals surface area contributed by atoms with Gasteiger partial charge >= 0.3 is 0 Å². The smallest absolute Gasteiger partial charge is 0.0938 e. The zero-order chi connectivity index (χ0) is 14.2. The summed E-state index contributed by atoms with van der Waals surface area (Å²) in [6.07, 6.45) is 2.34. The van der Waals surface area contributed by atoms with Crippen molar-refractivity contribution in [3.05, 3.63) is 0 Å². The van der Waals surface area contributed by atoms with Crippen LogP contribution in [0, 0.1) is 17.3 Å². The summed E-state index contributed by atoms with van der Waals surface area (Å²) >= 11 is 0. The highest BCUT2D eigenvalue weighted by Crippen LogP contribution is 2.40. The average Bonchev–Trinajstić information content (AvgIpc) is 2.59. The summed E-state index contributed by atoms with van der Waals surface area (Å²) < 4.78 is 0. The molecule has 0 aromatic carbocycles. The number of hydrogen-bond donors (Lipinski definition) is 3. The van der Waals surface area contributed by atoms with Crippen molar-refractivity contribution in [1.82, 2.24) is 4.90 Å². The second kappa shape index (κ2) is 5.68. The highest BCUT2D eigenvalue weighted by molar-refractivity contribution is 4.91. The minimum absolute atomic E-state index is 0.272. The minimum atomic E-state index is -0.585. The molecule has 4 nitrogen and oxygen atoms in total. The number of nitrogens with zero attached hydrogens (tertiary/aromatic N) is 1. The molecular formula is C15H30N2O2. The van der Waals surface area contributed by atoms with Crippen LogP contribution in [0.15, 0.2) is 0 Å². The van der Waals surface area contributed by atoms with Gasteiger partial charge in [-0.3, -0.25) is 4.90 Å². The van der Waals surface area contributed by atoms with E-state index in [0.29, 0.717) is 24.4 Å². The summed E-state index contributed by atoms with van der Waals surface area (Å²) in [5.74, 6) is 1.23. The molecular weight excluding hydrogens is 240 g/mol. The molecule has 5 atom stereocenters. The van der Waals surface area contributed by atoms with Crippen LogP contribution in [0.1, 0.15) is 40.0 Å². The van der Waals surface area contributed by atoms with Gasteiger partial charge in [0.05, 0.1) is 12.2 Å². The Morgan fingerprint density at radius 3 is 2.21 bits per heavy atom. The van der Waals surface area contributed by atoms with E-state index >= 15 is 0 Å². The van der Waals surface area contributed by atoms with Gasteiger partial charge in [-0.25, -0.2) is 0 Å². The fraction of sp³-hybridized carbons (Fsp3) is 1.00. The first-order valence-electron chi connectivity index (χ1n) is 7.61. The predicted octanol–water partition coefficient (Wildman–Crippen LogP) is 0.813. The molecule has 0 radical (unpaired) electrons. The lowest BCUT2D eigenvalue weighted by Crippen LogP contribution is -2.44. The van der Waals surface area contributed by atoms with E-state index < -0.39 is 12.2 Å². The first-order chi connectivity index (χ1) is 8.77. The Morgan fingerprint density at radius 1 is 1.11 bits per heavy atom. The van der Waals surface area contributed by atoms with Crippen LogP contribution in [-0.2, 0) is 0 Å². The van der Waals surface area contributed by atoms with Crippen molar-refractivity contribution in [2.45, 2.75) is 58.3 Å². The molecule has 1 heterocycles. The van der Waals surface area contributed by atoms with Crippen LogP contribution in [0.2, 0.25) is 0 Å². The summed E-state index contributed by atoms with van der Waals surface area (Å²) in [5, 5.41) is 19.2. The first kappa shape index (κ1) is 15.2.